The molecule has 4 aromatic rings. The average molecular weight is 348 g/mol. The predicted octanol–water partition coefficient (Wildman–Crippen LogP) is 2.25. The molecule has 0 bridgehead atoms. The summed E-state index contributed by atoms with van der Waals surface area (Å²) in [4.78, 5) is 21.6. The quantitative estimate of drug-likeness (QED) is 0.595. The second-order valence-electron chi connectivity index (χ2n) is 5.89. The maximum absolute atomic E-state index is 11.3. The van der Waals surface area contributed by atoms with Crippen LogP contribution in [0.5, 0.6) is 0 Å². The van der Waals surface area contributed by atoms with Crippen molar-refractivity contribution in [2.75, 3.05) is 11.9 Å². The van der Waals surface area contributed by atoms with E-state index in [2.05, 4.69) is 15.1 Å². The number of aromatic nitrogens is 5. The molecule has 26 heavy (non-hydrogen) atoms. The molecule has 0 amide bonds. The third-order valence-electron chi connectivity index (χ3n) is 4.01. The minimum Gasteiger partial charge on any atom is -0.477 e. The van der Waals surface area contributed by atoms with Gasteiger partial charge in [0.05, 0.1) is 11.9 Å². The van der Waals surface area contributed by atoms with E-state index in [1.807, 2.05) is 48.5 Å². The number of carboxylic acid groups (broad SMARTS) is 1. The number of fused-ring (bicyclic) bond motifs is 1. The Kier molecular flexibility index (Phi) is 3.85. The first-order valence-electron chi connectivity index (χ1n) is 7.99. The van der Waals surface area contributed by atoms with E-state index >= 15 is 0 Å². The van der Waals surface area contributed by atoms with Crippen molar-refractivity contribution in [2.45, 2.75) is 6.54 Å². The van der Waals surface area contributed by atoms with Crippen LogP contribution < -0.4 is 4.90 Å². The third-order valence-corrected chi connectivity index (χ3v) is 4.01. The van der Waals surface area contributed by atoms with Crippen molar-refractivity contribution >= 4 is 17.6 Å². The molecule has 0 saturated heterocycles. The van der Waals surface area contributed by atoms with Gasteiger partial charge in [0.15, 0.2) is 5.69 Å². The van der Waals surface area contributed by atoms with Crippen LogP contribution in [0.3, 0.4) is 0 Å². The number of benzene rings is 1. The van der Waals surface area contributed by atoms with Crippen LogP contribution in [0, 0.1) is 0 Å². The molecule has 130 valence electrons. The number of nitrogens with zero attached hydrogens (tertiary/aromatic N) is 6. The molecule has 4 rings (SSSR count). The van der Waals surface area contributed by atoms with E-state index in [9.17, 15) is 9.90 Å². The smallest absolute Gasteiger partial charge is 0.354 e. The van der Waals surface area contributed by atoms with Gasteiger partial charge in [0, 0.05) is 43.8 Å². The number of hydrogen-bond donors (Lipinski definition) is 1. The first kappa shape index (κ1) is 15.8. The highest BCUT2D eigenvalue weighted by atomic mass is 16.4. The average Bonchev–Trinajstić information content (AvgIpc) is 3.30. The molecular formula is C18H16N6O2. The van der Waals surface area contributed by atoms with Gasteiger partial charge in [0.25, 0.3) is 0 Å². The lowest BCUT2D eigenvalue weighted by Gasteiger charge is -2.18. The Morgan fingerprint density at radius 1 is 1.27 bits per heavy atom. The normalized spacial score (nSPS) is 11.0. The van der Waals surface area contributed by atoms with Gasteiger partial charge in [-0.05, 0) is 12.1 Å². The van der Waals surface area contributed by atoms with E-state index < -0.39 is 5.97 Å². The Labute approximate surface area is 149 Å². The fraction of sp³-hybridized carbons (Fsp3) is 0.111. The number of anilines is 1. The fourth-order valence-corrected chi connectivity index (χ4v) is 2.79. The molecule has 0 radical (unpaired) electrons. The number of carbonyl (C=O) groups is 1. The van der Waals surface area contributed by atoms with Gasteiger partial charge in [-0.3, -0.25) is 4.40 Å². The van der Waals surface area contributed by atoms with Crippen molar-refractivity contribution in [3.8, 4) is 5.69 Å². The summed E-state index contributed by atoms with van der Waals surface area (Å²) in [5, 5.41) is 13.7. The zero-order valence-corrected chi connectivity index (χ0v) is 14.0. The molecule has 1 aromatic carbocycles. The number of rotatable bonds is 5. The van der Waals surface area contributed by atoms with Crippen LogP contribution in [0.2, 0.25) is 0 Å². The standard InChI is InChI=1S/C18H16N6O2/c1-22(11-13-10-20-24(12-13)14-5-3-2-4-6-14)18-21-15(17(25)26)9-16-19-7-8-23(16)18/h2-10,12H,11H2,1H3,(H,25,26). The van der Waals surface area contributed by atoms with Crippen molar-refractivity contribution in [1.29, 1.82) is 0 Å². The first-order chi connectivity index (χ1) is 12.6. The number of aromatic carboxylic acids is 1. The number of carboxylic acids is 1. The van der Waals surface area contributed by atoms with E-state index in [1.165, 1.54) is 6.07 Å². The van der Waals surface area contributed by atoms with Crippen molar-refractivity contribution in [3.63, 3.8) is 0 Å². The van der Waals surface area contributed by atoms with Gasteiger partial charge in [0.2, 0.25) is 5.95 Å². The Morgan fingerprint density at radius 3 is 2.85 bits per heavy atom. The summed E-state index contributed by atoms with van der Waals surface area (Å²) < 4.78 is 3.56. The minimum atomic E-state index is -1.08. The second-order valence-corrected chi connectivity index (χ2v) is 5.89. The summed E-state index contributed by atoms with van der Waals surface area (Å²) in [7, 11) is 1.85. The highest BCUT2D eigenvalue weighted by molar-refractivity contribution is 5.87. The summed E-state index contributed by atoms with van der Waals surface area (Å²) in [5.41, 5.74) is 2.46. The molecule has 3 aromatic heterocycles. The molecule has 8 nitrogen and oxygen atoms in total. The second kappa shape index (κ2) is 6.32. The van der Waals surface area contributed by atoms with Crippen molar-refractivity contribution in [2.24, 2.45) is 0 Å². The van der Waals surface area contributed by atoms with E-state index in [1.54, 1.807) is 27.7 Å². The van der Waals surface area contributed by atoms with Crippen molar-refractivity contribution < 1.29 is 9.90 Å². The maximum Gasteiger partial charge on any atom is 0.354 e. The van der Waals surface area contributed by atoms with Crippen LogP contribution in [0.1, 0.15) is 16.1 Å². The monoisotopic (exact) mass is 348 g/mol. The van der Waals surface area contributed by atoms with Gasteiger partial charge >= 0.3 is 5.97 Å². The zero-order valence-electron chi connectivity index (χ0n) is 14.0. The molecular weight excluding hydrogens is 332 g/mol. The molecule has 0 aliphatic rings. The maximum atomic E-state index is 11.3. The lowest BCUT2D eigenvalue weighted by molar-refractivity contribution is 0.0690. The molecule has 0 atom stereocenters. The summed E-state index contributed by atoms with van der Waals surface area (Å²) in [6.45, 7) is 0.524. The molecule has 3 heterocycles. The van der Waals surface area contributed by atoms with Gasteiger partial charge in [-0.15, -0.1) is 0 Å². The fourth-order valence-electron chi connectivity index (χ4n) is 2.79. The minimum absolute atomic E-state index is 0.0365. The van der Waals surface area contributed by atoms with Crippen LogP contribution >= 0.6 is 0 Å². The van der Waals surface area contributed by atoms with Gasteiger partial charge in [0.1, 0.15) is 5.65 Å². The van der Waals surface area contributed by atoms with Crippen LogP contribution in [0.4, 0.5) is 5.95 Å². The van der Waals surface area contributed by atoms with Crippen LogP contribution in [0.15, 0.2) is 61.2 Å². The molecule has 0 saturated carbocycles. The van der Waals surface area contributed by atoms with E-state index in [-0.39, 0.29) is 5.69 Å². The largest absolute Gasteiger partial charge is 0.477 e. The van der Waals surface area contributed by atoms with E-state index in [4.69, 9.17) is 0 Å². The number of imidazole rings is 1. The summed E-state index contributed by atoms with van der Waals surface area (Å²) in [6, 6.07) is 11.3. The van der Waals surface area contributed by atoms with Crippen molar-refractivity contribution in [1.82, 2.24) is 24.1 Å². The third kappa shape index (κ3) is 2.88. The van der Waals surface area contributed by atoms with Crippen LogP contribution in [-0.4, -0.2) is 42.3 Å². The molecule has 0 spiro atoms. The predicted molar refractivity (Wildman–Crippen MR) is 95.6 cm³/mol. The van der Waals surface area contributed by atoms with Gasteiger partial charge in [-0.2, -0.15) is 5.10 Å². The Morgan fingerprint density at radius 2 is 2.08 bits per heavy atom. The van der Waals surface area contributed by atoms with Gasteiger partial charge < -0.3 is 10.0 Å². The number of hydrogen-bond acceptors (Lipinski definition) is 5. The van der Waals surface area contributed by atoms with Crippen molar-refractivity contribution in [3.05, 3.63) is 72.4 Å². The first-order valence-corrected chi connectivity index (χ1v) is 7.99. The summed E-state index contributed by atoms with van der Waals surface area (Å²) in [6.07, 6.45) is 7.11. The Hall–Kier alpha value is -3.68. The lowest BCUT2D eigenvalue weighted by Crippen LogP contribution is -2.21. The van der Waals surface area contributed by atoms with Crippen LogP contribution in [0.25, 0.3) is 11.3 Å². The topological polar surface area (TPSA) is 88.5 Å². The Bertz CT molecular complexity index is 1070. The SMILES string of the molecule is CN(Cc1cnn(-c2ccccc2)c1)c1nc(C(=O)O)cc2nccn12. The molecule has 0 unspecified atom stereocenters. The highest BCUT2D eigenvalue weighted by Crippen LogP contribution is 2.17. The molecule has 1 N–H and O–H groups in total. The van der Waals surface area contributed by atoms with E-state index in [0.29, 0.717) is 18.1 Å². The zero-order chi connectivity index (χ0) is 18.1. The van der Waals surface area contributed by atoms with Gasteiger partial charge in [-0.1, -0.05) is 18.2 Å². The van der Waals surface area contributed by atoms with Crippen LogP contribution in [-0.2, 0) is 6.54 Å². The molecule has 0 aliphatic heterocycles. The summed E-state index contributed by atoms with van der Waals surface area (Å²) >= 11 is 0. The summed E-state index contributed by atoms with van der Waals surface area (Å²) in [5.74, 6) is -0.577. The Balaban J connectivity index is 1.64. The molecule has 0 fully saturated rings. The lowest BCUT2D eigenvalue weighted by atomic mass is 10.3. The highest BCUT2D eigenvalue weighted by Gasteiger charge is 2.15. The molecule has 8 heteroatoms. The van der Waals surface area contributed by atoms with E-state index in [0.717, 1.165) is 11.3 Å². The molecule has 0 aliphatic carbocycles. The number of para-hydroxylation sites is 1. The van der Waals surface area contributed by atoms with Gasteiger partial charge in [-0.25, -0.2) is 19.4 Å².